The van der Waals surface area contributed by atoms with Crippen LogP contribution in [-0.4, -0.2) is 58.8 Å². The molecule has 0 aliphatic carbocycles. The number of rotatable bonds is 5. The van der Waals surface area contributed by atoms with Crippen LogP contribution in [0.5, 0.6) is 0 Å². The van der Waals surface area contributed by atoms with Gasteiger partial charge in [0.05, 0.1) is 11.6 Å². The van der Waals surface area contributed by atoms with Gasteiger partial charge in [0.25, 0.3) is 5.91 Å². The molecule has 2 amide bonds. The summed E-state index contributed by atoms with van der Waals surface area (Å²) in [5.74, 6) is -0.00614. The molecule has 0 radical (unpaired) electrons. The monoisotopic (exact) mass is 442 g/mol. The van der Waals surface area contributed by atoms with Crippen LogP contribution in [0.25, 0.3) is 11.1 Å². The minimum atomic E-state index is -0.520. The van der Waals surface area contributed by atoms with Gasteiger partial charge in [0.15, 0.2) is 0 Å². The maximum absolute atomic E-state index is 13.3. The van der Waals surface area contributed by atoms with Crippen molar-refractivity contribution in [3.8, 4) is 11.1 Å². The van der Waals surface area contributed by atoms with Crippen LogP contribution in [0.2, 0.25) is 0 Å². The van der Waals surface area contributed by atoms with Crippen molar-refractivity contribution >= 4 is 11.8 Å². The Hall–Kier alpha value is -3.54. The summed E-state index contributed by atoms with van der Waals surface area (Å²) in [6.45, 7) is 3.14. The number of benzene rings is 2. The van der Waals surface area contributed by atoms with Crippen molar-refractivity contribution in [3.63, 3.8) is 0 Å². The molecular formula is C27H30N4O2. The molecule has 1 aromatic heterocycles. The Bertz CT molecular complexity index is 1120. The van der Waals surface area contributed by atoms with Crippen LogP contribution in [-0.2, 0) is 11.2 Å². The summed E-state index contributed by atoms with van der Waals surface area (Å²) in [7, 11) is 3.62. The second-order valence-corrected chi connectivity index (χ2v) is 9.11. The Morgan fingerprint density at radius 1 is 1.00 bits per heavy atom. The highest BCUT2D eigenvalue weighted by atomic mass is 16.2. The Morgan fingerprint density at radius 3 is 2.33 bits per heavy atom. The summed E-state index contributed by atoms with van der Waals surface area (Å²) < 4.78 is 0. The number of nitrogens with zero attached hydrogens (tertiary/aromatic N) is 4. The van der Waals surface area contributed by atoms with Gasteiger partial charge in [-0.05, 0) is 42.9 Å². The van der Waals surface area contributed by atoms with Crippen molar-refractivity contribution in [3.05, 3.63) is 83.9 Å². The van der Waals surface area contributed by atoms with Crippen molar-refractivity contribution in [2.45, 2.75) is 26.2 Å². The predicted octanol–water partition coefficient (Wildman–Crippen LogP) is 4.01. The van der Waals surface area contributed by atoms with Gasteiger partial charge in [-0.15, -0.1) is 0 Å². The molecule has 1 aliphatic rings. The molecule has 1 aliphatic heterocycles. The Labute approximate surface area is 195 Å². The Balaban J connectivity index is 1.51. The standard InChI is InChI=1S/C27H30N4O2/c1-20-5-4-6-23(17-20)22-9-7-21(8-10-22)18-27(26(33)30(2)3)11-15-31(16-12-27)25(32)24-19-28-13-14-29-24/h4-10,13-14,17,19H,11-12,15-16,18H2,1-3H3. The van der Waals surface area contributed by atoms with E-state index in [4.69, 9.17) is 0 Å². The first kappa shape index (κ1) is 22.6. The zero-order valence-corrected chi connectivity index (χ0v) is 19.5. The average molecular weight is 443 g/mol. The summed E-state index contributed by atoms with van der Waals surface area (Å²) in [5.41, 5.74) is 4.55. The van der Waals surface area contributed by atoms with Crippen molar-refractivity contribution in [1.82, 2.24) is 19.8 Å². The molecule has 6 heteroatoms. The topological polar surface area (TPSA) is 66.4 Å². The lowest BCUT2D eigenvalue weighted by molar-refractivity contribution is -0.142. The lowest BCUT2D eigenvalue weighted by atomic mass is 9.72. The molecular weight excluding hydrogens is 412 g/mol. The lowest BCUT2D eigenvalue weighted by Crippen LogP contribution is -2.51. The SMILES string of the molecule is Cc1cccc(-c2ccc(CC3(C(=O)N(C)C)CCN(C(=O)c4cnccn4)CC3)cc2)c1. The predicted molar refractivity (Wildman–Crippen MR) is 129 cm³/mol. The minimum absolute atomic E-state index is 0.122. The van der Waals surface area contributed by atoms with Crippen LogP contribution in [0.15, 0.2) is 67.1 Å². The number of carbonyl (C=O) groups excluding carboxylic acids is 2. The van der Waals surface area contributed by atoms with Gasteiger partial charge in [0.2, 0.25) is 5.91 Å². The van der Waals surface area contributed by atoms with E-state index in [0.29, 0.717) is 38.0 Å². The summed E-state index contributed by atoms with van der Waals surface area (Å²) in [6, 6.07) is 17.0. The highest BCUT2D eigenvalue weighted by molar-refractivity contribution is 5.92. The Kier molecular flexibility index (Phi) is 6.54. The third-order valence-corrected chi connectivity index (χ3v) is 6.50. The van der Waals surface area contributed by atoms with E-state index in [0.717, 1.165) is 5.56 Å². The maximum Gasteiger partial charge on any atom is 0.274 e. The van der Waals surface area contributed by atoms with Crippen molar-refractivity contribution in [2.24, 2.45) is 5.41 Å². The number of amides is 2. The van der Waals surface area contributed by atoms with Crippen molar-refractivity contribution in [1.29, 1.82) is 0 Å². The quantitative estimate of drug-likeness (QED) is 0.599. The van der Waals surface area contributed by atoms with Crippen molar-refractivity contribution in [2.75, 3.05) is 27.2 Å². The molecule has 0 spiro atoms. The van der Waals surface area contributed by atoms with Gasteiger partial charge in [0, 0.05) is 39.6 Å². The van der Waals surface area contributed by atoms with Crippen molar-refractivity contribution < 1.29 is 9.59 Å². The van der Waals surface area contributed by atoms with Crippen LogP contribution < -0.4 is 0 Å². The number of piperidine rings is 1. The summed E-state index contributed by atoms with van der Waals surface area (Å²) in [5, 5.41) is 0. The molecule has 0 atom stereocenters. The van der Waals surface area contributed by atoms with E-state index in [1.807, 2.05) is 14.1 Å². The fraction of sp³-hybridized carbons (Fsp3) is 0.333. The van der Waals surface area contributed by atoms with E-state index >= 15 is 0 Å². The summed E-state index contributed by atoms with van der Waals surface area (Å²) >= 11 is 0. The van der Waals surface area contributed by atoms with Gasteiger partial charge < -0.3 is 9.80 Å². The smallest absolute Gasteiger partial charge is 0.274 e. The molecule has 6 nitrogen and oxygen atoms in total. The molecule has 170 valence electrons. The third-order valence-electron chi connectivity index (χ3n) is 6.50. The molecule has 0 N–H and O–H groups in total. The fourth-order valence-corrected chi connectivity index (χ4v) is 4.68. The first-order valence-electron chi connectivity index (χ1n) is 11.3. The molecule has 3 aromatic rings. The van der Waals surface area contributed by atoms with Gasteiger partial charge >= 0.3 is 0 Å². The first-order chi connectivity index (χ1) is 15.9. The van der Waals surface area contributed by atoms with Gasteiger partial charge in [-0.25, -0.2) is 4.98 Å². The summed E-state index contributed by atoms with van der Waals surface area (Å²) in [6.07, 6.45) is 6.47. The van der Waals surface area contributed by atoms with Gasteiger partial charge in [-0.2, -0.15) is 0 Å². The van der Waals surface area contributed by atoms with E-state index in [1.54, 1.807) is 16.0 Å². The minimum Gasteiger partial charge on any atom is -0.348 e. The van der Waals surface area contributed by atoms with E-state index in [2.05, 4.69) is 65.4 Å². The Morgan fingerprint density at radius 2 is 1.73 bits per heavy atom. The molecule has 0 unspecified atom stereocenters. The molecule has 4 rings (SSSR count). The highest BCUT2D eigenvalue weighted by Gasteiger charge is 2.43. The van der Waals surface area contributed by atoms with Crippen LogP contribution in [0.3, 0.4) is 0 Å². The molecule has 1 fully saturated rings. The van der Waals surface area contributed by atoms with E-state index < -0.39 is 5.41 Å². The number of aromatic nitrogens is 2. The second kappa shape index (κ2) is 9.53. The number of hydrogen-bond donors (Lipinski definition) is 0. The fourth-order valence-electron chi connectivity index (χ4n) is 4.68. The average Bonchev–Trinajstić information content (AvgIpc) is 2.84. The molecule has 33 heavy (non-hydrogen) atoms. The van der Waals surface area contributed by atoms with Crippen LogP contribution >= 0.6 is 0 Å². The molecule has 2 heterocycles. The van der Waals surface area contributed by atoms with E-state index in [-0.39, 0.29) is 11.8 Å². The van der Waals surface area contributed by atoms with Gasteiger partial charge in [-0.1, -0.05) is 54.1 Å². The van der Waals surface area contributed by atoms with Gasteiger partial charge in [-0.3, -0.25) is 14.6 Å². The number of hydrogen-bond acceptors (Lipinski definition) is 4. The lowest BCUT2D eigenvalue weighted by Gasteiger charge is -2.42. The third kappa shape index (κ3) is 4.95. The van der Waals surface area contributed by atoms with Gasteiger partial charge in [0.1, 0.15) is 5.69 Å². The van der Waals surface area contributed by atoms with E-state index in [9.17, 15) is 9.59 Å². The number of likely N-dealkylation sites (tertiary alicyclic amines) is 1. The van der Waals surface area contributed by atoms with Crippen LogP contribution in [0.4, 0.5) is 0 Å². The summed E-state index contributed by atoms with van der Waals surface area (Å²) in [4.78, 5) is 37.7. The van der Waals surface area contributed by atoms with Crippen LogP contribution in [0.1, 0.15) is 34.5 Å². The van der Waals surface area contributed by atoms with Crippen LogP contribution in [0, 0.1) is 12.3 Å². The first-order valence-corrected chi connectivity index (χ1v) is 11.3. The maximum atomic E-state index is 13.3. The normalized spacial score (nSPS) is 15.2. The molecule has 0 saturated carbocycles. The molecule has 0 bridgehead atoms. The highest BCUT2D eigenvalue weighted by Crippen LogP contribution is 2.37. The largest absolute Gasteiger partial charge is 0.348 e. The number of carbonyl (C=O) groups is 2. The van der Waals surface area contributed by atoms with E-state index in [1.165, 1.54) is 29.1 Å². The zero-order chi connectivity index (χ0) is 23.4. The molecule has 2 aromatic carbocycles. The number of aryl methyl sites for hydroxylation is 1. The molecule has 1 saturated heterocycles. The zero-order valence-electron chi connectivity index (χ0n) is 19.5. The second-order valence-electron chi connectivity index (χ2n) is 9.11.